The Bertz CT molecular complexity index is 1170. The average Bonchev–Trinajstić information content (AvgIpc) is 3.27. The second-order valence-electron chi connectivity index (χ2n) is 6.82. The Morgan fingerprint density at radius 1 is 0.871 bits per heavy atom. The van der Waals surface area contributed by atoms with Crippen LogP contribution >= 0.6 is 11.3 Å². The number of ether oxygens (including phenoxy) is 1. The molecular weight excluding hydrogens is 408 g/mol. The molecule has 4 aromatic rings. The zero-order valence-corrected chi connectivity index (χ0v) is 17.7. The molecule has 0 N–H and O–H groups in total. The van der Waals surface area contributed by atoms with Gasteiger partial charge in [0.2, 0.25) is 5.91 Å². The Kier molecular flexibility index (Phi) is 6.19. The maximum Gasteiger partial charge on any atom is 0.230 e. The molecule has 1 amide bonds. The topological polar surface area (TPSA) is 59.5 Å². The fourth-order valence-electron chi connectivity index (χ4n) is 3.09. The fraction of sp³-hybridized carbons (Fsp3) is 0.0800. The van der Waals surface area contributed by atoms with Crippen molar-refractivity contribution < 1.29 is 14.3 Å². The van der Waals surface area contributed by atoms with E-state index < -0.39 is 0 Å². The van der Waals surface area contributed by atoms with Crippen LogP contribution in [-0.4, -0.2) is 16.7 Å². The van der Waals surface area contributed by atoms with Crippen LogP contribution in [-0.2, 0) is 11.4 Å². The summed E-state index contributed by atoms with van der Waals surface area (Å²) in [7, 11) is 0. The van der Waals surface area contributed by atoms with E-state index in [1.165, 1.54) is 18.3 Å². The van der Waals surface area contributed by atoms with E-state index in [1.54, 1.807) is 41.3 Å². The van der Waals surface area contributed by atoms with E-state index in [0.717, 1.165) is 11.4 Å². The molecule has 5 nitrogen and oxygen atoms in total. The van der Waals surface area contributed by atoms with Gasteiger partial charge in [-0.1, -0.05) is 48.5 Å². The minimum atomic E-state index is -0.105. The minimum Gasteiger partial charge on any atom is -0.487 e. The molecule has 0 bridgehead atoms. The van der Waals surface area contributed by atoms with Gasteiger partial charge in [-0.15, -0.1) is 11.3 Å². The second kappa shape index (κ2) is 9.36. The highest BCUT2D eigenvalue weighted by atomic mass is 32.1. The summed E-state index contributed by atoms with van der Waals surface area (Å²) in [6, 6.07) is 25.6. The van der Waals surface area contributed by atoms with Crippen LogP contribution in [0.4, 0.5) is 10.8 Å². The Balaban J connectivity index is 1.42. The third-order valence-corrected chi connectivity index (χ3v) is 5.47. The molecule has 1 aromatic heterocycles. The Hall–Kier alpha value is -3.77. The summed E-state index contributed by atoms with van der Waals surface area (Å²) in [5.74, 6) is 0.513. The molecule has 0 aliphatic carbocycles. The first-order valence-electron chi connectivity index (χ1n) is 9.74. The second-order valence-corrected chi connectivity index (χ2v) is 7.66. The predicted octanol–water partition coefficient (Wildman–Crippen LogP) is 5.64. The van der Waals surface area contributed by atoms with Gasteiger partial charge in [-0.05, 0) is 36.4 Å². The lowest BCUT2D eigenvalue weighted by molar-refractivity contribution is -0.115. The van der Waals surface area contributed by atoms with E-state index in [0.29, 0.717) is 22.0 Å². The van der Waals surface area contributed by atoms with Crippen LogP contribution in [0.15, 0.2) is 90.3 Å². The first kappa shape index (κ1) is 20.5. The normalized spacial score (nSPS) is 10.5. The third-order valence-electron chi connectivity index (χ3n) is 4.60. The number of rotatable bonds is 7. The van der Waals surface area contributed by atoms with Crippen molar-refractivity contribution in [2.45, 2.75) is 13.5 Å². The van der Waals surface area contributed by atoms with Crippen molar-refractivity contribution in [3.05, 3.63) is 107 Å². The van der Waals surface area contributed by atoms with E-state index in [-0.39, 0.29) is 18.3 Å². The lowest BCUT2D eigenvalue weighted by Gasteiger charge is -2.17. The molecule has 0 aliphatic rings. The first-order valence-corrected chi connectivity index (χ1v) is 10.6. The zero-order chi connectivity index (χ0) is 21.6. The van der Waals surface area contributed by atoms with Gasteiger partial charge < -0.3 is 4.74 Å². The van der Waals surface area contributed by atoms with Crippen molar-refractivity contribution >= 4 is 33.8 Å². The molecule has 4 rings (SSSR count). The summed E-state index contributed by atoms with van der Waals surface area (Å²) < 4.78 is 5.82. The number of nitrogens with zero attached hydrogens (tertiary/aromatic N) is 2. The lowest BCUT2D eigenvalue weighted by Crippen LogP contribution is -2.22. The first-order chi connectivity index (χ1) is 15.1. The molecule has 3 aromatic carbocycles. The molecule has 1 heterocycles. The maximum absolute atomic E-state index is 12.5. The van der Waals surface area contributed by atoms with Gasteiger partial charge in [-0.3, -0.25) is 14.5 Å². The smallest absolute Gasteiger partial charge is 0.230 e. The average molecular weight is 429 g/mol. The van der Waals surface area contributed by atoms with Crippen molar-refractivity contribution in [1.29, 1.82) is 0 Å². The SMILES string of the molecule is CC(=O)N(c1ccccc1)c1nc(COc2ccc(C(=O)c3ccccc3)cc2)cs1. The molecule has 0 aliphatic heterocycles. The summed E-state index contributed by atoms with van der Waals surface area (Å²) in [4.78, 5) is 30.8. The Morgan fingerprint density at radius 2 is 1.48 bits per heavy atom. The number of ketones is 1. The summed E-state index contributed by atoms with van der Waals surface area (Å²) in [5.41, 5.74) is 2.76. The van der Waals surface area contributed by atoms with E-state index in [4.69, 9.17) is 4.74 Å². The van der Waals surface area contributed by atoms with E-state index in [9.17, 15) is 9.59 Å². The summed E-state index contributed by atoms with van der Waals surface area (Å²) in [6.07, 6.45) is 0. The molecule has 0 saturated heterocycles. The van der Waals surface area contributed by atoms with Crippen LogP contribution < -0.4 is 9.64 Å². The Morgan fingerprint density at radius 3 is 2.13 bits per heavy atom. The van der Waals surface area contributed by atoms with Gasteiger partial charge in [-0.2, -0.15) is 0 Å². The quantitative estimate of drug-likeness (QED) is 0.358. The van der Waals surface area contributed by atoms with Crippen molar-refractivity contribution in [2.75, 3.05) is 4.90 Å². The summed E-state index contributed by atoms with van der Waals surface area (Å²) >= 11 is 1.39. The number of anilines is 2. The fourth-order valence-corrected chi connectivity index (χ4v) is 3.96. The molecule has 154 valence electrons. The predicted molar refractivity (Wildman–Crippen MR) is 122 cm³/mol. The number of thiazole rings is 1. The van der Waals surface area contributed by atoms with Crippen molar-refractivity contribution in [2.24, 2.45) is 0 Å². The molecule has 0 fully saturated rings. The molecule has 0 saturated carbocycles. The number of amides is 1. The highest BCUT2D eigenvalue weighted by Gasteiger charge is 2.17. The van der Waals surface area contributed by atoms with Gasteiger partial charge in [0, 0.05) is 23.4 Å². The van der Waals surface area contributed by atoms with Crippen LogP contribution in [0.1, 0.15) is 28.5 Å². The van der Waals surface area contributed by atoms with E-state index >= 15 is 0 Å². The summed E-state index contributed by atoms with van der Waals surface area (Å²) in [5, 5.41) is 2.47. The van der Waals surface area contributed by atoms with E-state index in [1.807, 2.05) is 53.9 Å². The molecule has 6 heteroatoms. The highest BCUT2D eigenvalue weighted by molar-refractivity contribution is 7.14. The molecule has 0 radical (unpaired) electrons. The van der Waals surface area contributed by atoms with E-state index in [2.05, 4.69) is 4.98 Å². The van der Waals surface area contributed by atoms with Gasteiger partial charge in [0.1, 0.15) is 12.4 Å². The van der Waals surface area contributed by atoms with Gasteiger partial charge in [0.25, 0.3) is 0 Å². The van der Waals surface area contributed by atoms with Crippen LogP contribution in [0.5, 0.6) is 5.75 Å². The van der Waals surface area contributed by atoms with Crippen LogP contribution in [0.25, 0.3) is 0 Å². The number of aromatic nitrogens is 1. The number of hydrogen-bond donors (Lipinski definition) is 0. The molecular formula is C25H20N2O3S. The third kappa shape index (κ3) is 4.87. The number of benzene rings is 3. The van der Waals surface area contributed by atoms with Crippen LogP contribution in [0.3, 0.4) is 0 Å². The molecule has 31 heavy (non-hydrogen) atoms. The molecule has 0 atom stereocenters. The van der Waals surface area contributed by atoms with Crippen molar-refractivity contribution in [3.63, 3.8) is 0 Å². The monoisotopic (exact) mass is 428 g/mol. The lowest BCUT2D eigenvalue weighted by atomic mass is 10.0. The van der Waals surface area contributed by atoms with Crippen LogP contribution in [0.2, 0.25) is 0 Å². The Labute approximate surface area is 184 Å². The highest BCUT2D eigenvalue weighted by Crippen LogP contribution is 2.29. The van der Waals surface area contributed by atoms with Gasteiger partial charge in [-0.25, -0.2) is 4.98 Å². The largest absolute Gasteiger partial charge is 0.487 e. The zero-order valence-electron chi connectivity index (χ0n) is 16.9. The maximum atomic E-state index is 12.5. The standard InChI is InChI=1S/C25H20N2O3S/c1-18(28)27(22-10-6-3-7-11-22)25-26-21(17-31-25)16-30-23-14-12-20(13-15-23)24(29)19-8-4-2-5-9-19/h2-15,17H,16H2,1H3. The van der Waals surface area contributed by atoms with Gasteiger partial charge in [0.05, 0.1) is 11.4 Å². The summed E-state index contributed by atoms with van der Waals surface area (Å²) in [6.45, 7) is 1.78. The number of carbonyl (C=O) groups excluding carboxylic acids is 2. The number of para-hydroxylation sites is 1. The van der Waals surface area contributed by atoms with Gasteiger partial charge >= 0.3 is 0 Å². The van der Waals surface area contributed by atoms with Crippen molar-refractivity contribution in [1.82, 2.24) is 4.98 Å². The molecule has 0 spiro atoms. The minimum absolute atomic E-state index is 0.0264. The number of hydrogen-bond acceptors (Lipinski definition) is 5. The molecule has 0 unspecified atom stereocenters. The number of carbonyl (C=O) groups is 2. The van der Waals surface area contributed by atoms with Crippen LogP contribution in [0, 0.1) is 0 Å². The van der Waals surface area contributed by atoms with Crippen molar-refractivity contribution in [3.8, 4) is 5.75 Å². The van der Waals surface area contributed by atoms with Gasteiger partial charge in [0.15, 0.2) is 10.9 Å².